The Kier molecular flexibility index (Phi) is 4.33. The molecule has 0 fully saturated rings. The van der Waals surface area contributed by atoms with Crippen molar-refractivity contribution in [2.24, 2.45) is 0 Å². The second-order valence-corrected chi connectivity index (χ2v) is 6.13. The molecule has 18 heavy (non-hydrogen) atoms. The lowest BCUT2D eigenvalue weighted by atomic mass is 10.2. The van der Waals surface area contributed by atoms with Gasteiger partial charge in [0.25, 0.3) is 0 Å². The number of rotatable bonds is 6. The number of aromatic nitrogens is 1. The van der Waals surface area contributed by atoms with Crippen molar-refractivity contribution >= 4 is 33.8 Å². The summed E-state index contributed by atoms with van der Waals surface area (Å²) < 4.78 is 0. The average molecular weight is 282 g/mol. The van der Waals surface area contributed by atoms with Gasteiger partial charge in [-0.15, -0.1) is 22.7 Å². The van der Waals surface area contributed by atoms with E-state index in [2.05, 4.69) is 29.4 Å². The lowest BCUT2D eigenvalue weighted by molar-refractivity contribution is -0.136. The second kappa shape index (κ2) is 5.97. The standard InChI is InChI=1S/C12H14N2O2S2/c1-8-2-4-10(18-8)6-13-12-14-9(7-17-12)3-5-11(15)16/h2,4,7H,3,5-6H2,1H3,(H,13,14)(H,15,16). The Morgan fingerprint density at radius 2 is 2.33 bits per heavy atom. The van der Waals surface area contributed by atoms with E-state index in [1.165, 1.54) is 21.1 Å². The first-order valence-electron chi connectivity index (χ1n) is 5.59. The molecule has 0 unspecified atom stereocenters. The number of nitrogens with one attached hydrogen (secondary N) is 1. The van der Waals surface area contributed by atoms with Crippen LogP contribution in [0, 0.1) is 6.92 Å². The molecule has 0 saturated heterocycles. The molecule has 2 rings (SSSR count). The number of anilines is 1. The van der Waals surface area contributed by atoms with E-state index >= 15 is 0 Å². The highest BCUT2D eigenvalue weighted by atomic mass is 32.1. The van der Waals surface area contributed by atoms with E-state index in [1.807, 2.05) is 5.38 Å². The van der Waals surface area contributed by atoms with E-state index in [9.17, 15) is 4.79 Å². The summed E-state index contributed by atoms with van der Waals surface area (Å²) in [4.78, 5) is 17.4. The zero-order valence-corrected chi connectivity index (χ0v) is 11.6. The van der Waals surface area contributed by atoms with Crippen LogP contribution in [0.2, 0.25) is 0 Å². The Hall–Kier alpha value is -1.40. The number of carboxylic acids is 1. The Morgan fingerprint density at radius 1 is 1.50 bits per heavy atom. The van der Waals surface area contributed by atoms with Crippen LogP contribution in [0.3, 0.4) is 0 Å². The minimum Gasteiger partial charge on any atom is -0.481 e. The van der Waals surface area contributed by atoms with Crippen molar-refractivity contribution in [1.29, 1.82) is 0 Å². The molecule has 0 aliphatic heterocycles. The predicted octanol–water partition coefficient (Wildman–Crippen LogP) is 3.14. The van der Waals surface area contributed by atoms with Crippen LogP contribution in [0.25, 0.3) is 0 Å². The number of thiophene rings is 1. The fraction of sp³-hybridized carbons (Fsp3) is 0.333. The Labute approximate surface area is 113 Å². The van der Waals surface area contributed by atoms with E-state index in [0.29, 0.717) is 6.42 Å². The monoisotopic (exact) mass is 282 g/mol. The molecule has 0 aromatic carbocycles. The SMILES string of the molecule is Cc1ccc(CNc2nc(CCC(=O)O)cs2)s1. The quantitative estimate of drug-likeness (QED) is 0.854. The summed E-state index contributed by atoms with van der Waals surface area (Å²) in [6.07, 6.45) is 0.624. The Bertz CT molecular complexity index is 534. The normalized spacial score (nSPS) is 10.5. The minimum atomic E-state index is -0.786. The number of hydrogen-bond donors (Lipinski definition) is 2. The molecule has 4 nitrogen and oxygen atoms in total. The maximum atomic E-state index is 10.5. The van der Waals surface area contributed by atoms with Crippen molar-refractivity contribution in [3.8, 4) is 0 Å². The summed E-state index contributed by atoms with van der Waals surface area (Å²) in [5.41, 5.74) is 0.840. The topological polar surface area (TPSA) is 62.2 Å². The molecule has 2 heterocycles. The maximum Gasteiger partial charge on any atom is 0.303 e. The molecule has 6 heteroatoms. The lowest BCUT2D eigenvalue weighted by Gasteiger charge is -1.99. The molecule has 0 amide bonds. The number of carboxylic acid groups (broad SMARTS) is 1. The van der Waals surface area contributed by atoms with Crippen LogP contribution in [-0.4, -0.2) is 16.1 Å². The van der Waals surface area contributed by atoms with Crippen molar-refractivity contribution < 1.29 is 9.90 Å². The van der Waals surface area contributed by atoms with E-state index in [-0.39, 0.29) is 6.42 Å². The van der Waals surface area contributed by atoms with Crippen LogP contribution in [0.1, 0.15) is 21.9 Å². The third-order valence-electron chi connectivity index (χ3n) is 2.36. The van der Waals surface area contributed by atoms with Gasteiger partial charge in [0.05, 0.1) is 18.7 Å². The first-order valence-corrected chi connectivity index (χ1v) is 7.28. The second-order valence-electron chi connectivity index (χ2n) is 3.90. The van der Waals surface area contributed by atoms with Crippen LogP contribution in [0.15, 0.2) is 17.5 Å². The third-order valence-corrected chi connectivity index (χ3v) is 4.21. The molecule has 0 atom stereocenters. The van der Waals surface area contributed by atoms with Crippen LogP contribution in [0.4, 0.5) is 5.13 Å². The highest BCUT2D eigenvalue weighted by Crippen LogP contribution is 2.20. The first-order chi connectivity index (χ1) is 8.63. The molecule has 0 spiro atoms. The van der Waals surface area contributed by atoms with Crippen molar-refractivity contribution in [2.45, 2.75) is 26.3 Å². The zero-order chi connectivity index (χ0) is 13.0. The zero-order valence-electron chi connectivity index (χ0n) is 9.97. The highest BCUT2D eigenvalue weighted by molar-refractivity contribution is 7.13. The van der Waals surface area contributed by atoms with Crippen LogP contribution in [0.5, 0.6) is 0 Å². The van der Waals surface area contributed by atoms with E-state index in [1.54, 1.807) is 11.3 Å². The molecular formula is C12H14N2O2S2. The van der Waals surface area contributed by atoms with Crippen molar-refractivity contribution in [3.05, 3.63) is 33.0 Å². The number of hydrogen-bond acceptors (Lipinski definition) is 5. The van der Waals surface area contributed by atoms with Gasteiger partial charge in [0.15, 0.2) is 5.13 Å². The van der Waals surface area contributed by atoms with Gasteiger partial charge < -0.3 is 10.4 Å². The fourth-order valence-corrected chi connectivity index (χ4v) is 3.05. The molecular weight excluding hydrogens is 268 g/mol. The van der Waals surface area contributed by atoms with Crippen LogP contribution >= 0.6 is 22.7 Å². The van der Waals surface area contributed by atoms with E-state index < -0.39 is 5.97 Å². The molecule has 2 aromatic heterocycles. The van der Waals surface area contributed by atoms with Gasteiger partial charge in [-0.3, -0.25) is 4.79 Å². The van der Waals surface area contributed by atoms with Gasteiger partial charge in [-0.1, -0.05) is 0 Å². The van der Waals surface area contributed by atoms with Gasteiger partial charge >= 0.3 is 5.97 Å². The Morgan fingerprint density at radius 3 is 3.00 bits per heavy atom. The summed E-state index contributed by atoms with van der Waals surface area (Å²) in [6, 6.07) is 4.20. The van der Waals surface area contributed by atoms with E-state index in [4.69, 9.17) is 5.11 Å². The molecule has 96 valence electrons. The fourth-order valence-electron chi connectivity index (χ4n) is 1.48. The summed E-state index contributed by atoms with van der Waals surface area (Å²) in [5.74, 6) is -0.786. The Balaban J connectivity index is 1.84. The summed E-state index contributed by atoms with van der Waals surface area (Å²) >= 11 is 3.28. The molecule has 0 bridgehead atoms. The van der Waals surface area contributed by atoms with Gasteiger partial charge in [-0.05, 0) is 19.1 Å². The molecule has 2 N–H and O–H groups in total. The number of nitrogens with zero attached hydrogens (tertiary/aromatic N) is 1. The van der Waals surface area contributed by atoms with Crippen molar-refractivity contribution in [3.63, 3.8) is 0 Å². The predicted molar refractivity (Wildman–Crippen MR) is 74.5 cm³/mol. The van der Waals surface area contributed by atoms with Crippen molar-refractivity contribution in [1.82, 2.24) is 4.98 Å². The van der Waals surface area contributed by atoms with Crippen LogP contribution < -0.4 is 5.32 Å². The van der Waals surface area contributed by atoms with Crippen molar-refractivity contribution in [2.75, 3.05) is 5.32 Å². The lowest BCUT2D eigenvalue weighted by Crippen LogP contribution is -1.99. The molecule has 0 aliphatic carbocycles. The number of aryl methyl sites for hydroxylation is 2. The molecule has 0 aliphatic rings. The molecule has 0 saturated carbocycles. The summed E-state index contributed by atoms with van der Waals surface area (Å²) in [5, 5.41) is 14.6. The van der Waals surface area contributed by atoms with Gasteiger partial charge in [0, 0.05) is 21.6 Å². The van der Waals surface area contributed by atoms with Gasteiger partial charge in [0.2, 0.25) is 0 Å². The number of carbonyl (C=O) groups is 1. The minimum absolute atomic E-state index is 0.132. The van der Waals surface area contributed by atoms with Gasteiger partial charge in [0.1, 0.15) is 0 Å². The third kappa shape index (κ3) is 3.82. The summed E-state index contributed by atoms with van der Waals surface area (Å²) in [6.45, 7) is 2.85. The molecule has 0 radical (unpaired) electrons. The summed E-state index contributed by atoms with van der Waals surface area (Å²) in [7, 11) is 0. The smallest absolute Gasteiger partial charge is 0.303 e. The molecule has 2 aromatic rings. The van der Waals surface area contributed by atoms with E-state index in [0.717, 1.165) is 17.4 Å². The number of aliphatic carboxylic acids is 1. The van der Waals surface area contributed by atoms with Crippen LogP contribution in [-0.2, 0) is 17.8 Å². The maximum absolute atomic E-state index is 10.5. The average Bonchev–Trinajstić information content (AvgIpc) is 2.93. The number of thiazole rings is 1. The van der Waals surface area contributed by atoms with Gasteiger partial charge in [-0.25, -0.2) is 4.98 Å². The largest absolute Gasteiger partial charge is 0.481 e. The van der Waals surface area contributed by atoms with Gasteiger partial charge in [-0.2, -0.15) is 0 Å². The first kappa shape index (κ1) is 13.0. The highest BCUT2D eigenvalue weighted by Gasteiger charge is 2.05.